The van der Waals surface area contributed by atoms with Crippen LogP contribution in [0.5, 0.6) is 5.75 Å². The van der Waals surface area contributed by atoms with Gasteiger partial charge in [-0.15, -0.1) is 0 Å². The first-order chi connectivity index (χ1) is 10.0. The molecule has 1 atom stereocenters. The quantitative estimate of drug-likeness (QED) is 0.943. The van der Waals surface area contributed by atoms with Crippen LogP contribution in [-0.4, -0.2) is 28.4 Å². The molecule has 1 aliphatic heterocycles. The van der Waals surface area contributed by atoms with Gasteiger partial charge >= 0.3 is 0 Å². The molecule has 0 amide bonds. The summed E-state index contributed by atoms with van der Waals surface area (Å²) in [7, 11) is 0. The van der Waals surface area contributed by atoms with Gasteiger partial charge in [-0.2, -0.15) is 0 Å². The lowest BCUT2D eigenvalue weighted by Crippen LogP contribution is -2.35. The van der Waals surface area contributed by atoms with Crippen LogP contribution in [0.1, 0.15) is 39.7 Å². The van der Waals surface area contributed by atoms with Gasteiger partial charge in [0.05, 0.1) is 17.7 Å². The molecule has 0 spiro atoms. The molecule has 114 valence electrons. The Morgan fingerprint density at radius 2 is 2.29 bits per heavy atom. The first kappa shape index (κ1) is 14.2. The topological polar surface area (TPSA) is 62.3 Å². The van der Waals surface area contributed by atoms with Crippen LogP contribution in [0, 0.1) is 0 Å². The molecule has 1 fully saturated rings. The molecule has 1 unspecified atom stereocenters. The summed E-state index contributed by atoms with van der Waals surface area (Å²) in [4.78, 5) is 4.53. The third-order valence-corrected chi connectivity index (χ3v) is 4.05. The highest BCUT2D eigenvalue weighted by molar-refractivity contribution is 5.84. The van der Waals surface area contributed by atoms with E-state index >= 15 is 0 Å². The van der Waals surface area contributed by atoms with Crippen molar-refractivity contribution in [3.8, 4) is 5.75 Å². The third-order valence-electron chi connectivity index (χ3n) is 4.05. The minimum Gasteiger partial charge on any atom is -0.492 e. The summed E-state index contributed by atoms with van der Waals surface area (Å²) < 4.78 is 13.6. The van der Waals surface area contributed by atoms with Gasteiger partial charge in [-0.25, -0.2) is 4.98 Å². The van der Waals surface area contributed by atoms with Crippen LogP contribution in [0.2, 0.25) is 0 Å². The van der Waals surface area contributed by atoms with Gasteiger partial charge in [0.15, 0.2) is 0 Å². The van der Waals surface area contributed by atoms with Gasteiger partial charge in [0.2, 0.25) is 5.95 Å². The molecule has 2 N–H and O–H groups in total. The summed E-state index contributed by atoms with van der Waals surface area (Å²) in [6.45, 7) is 7.60. The minimum absolute atomic E-state index is 0.122. The Morgan fingerprint density at radius 3 is 3.00 bits per heavy atom. The fourth-order valence-corrected chi connectivity index (χ4v) is 3.19. The second-order valence-electron chi connectivity index (χ2n) is 6.15. The Morgan fingerprint density at radius 1 is 1.48 bits per heavy atom. The van der Waals surface area contributed by atoms with Crippen LogP contribution in [-0.2, 0) is 4.74 Å². The summed E-state index contributed by atoms with van der Waals surface area (Å²) in [6, 6.07) is 6.31. The van der Waals surface area contributed by atoms with Crippen molar-refractivity contribution in [3.63, 3.8) is 0 Å². The zero-order valence-electron chi connectivity index (χ0n) is 12.9. The van der Waals surface area contributed by atoms with Crippen molar-refractivity contribution in [2.24, 2.45) is 0 Å². The number of ether oxygens (including phenoxy) is 2. The fourth-order valence-electron chi connectivity index (χ4n) is 3.19. The van der Waals surface area contributed by atoms with E-state index in [0.29, 0.717) is 18.6 Å². The van der Waals surface area contributed by atoms with Crippen molar-refractivity contribution >= 4 is 17.0 Å². The van der Waals surface area contributed by atoms with Crippen LogP contribution in [0.25, 0.3) is 11.0 Å². The van der Waals surface area contributed by atoms with Crippen LogP contribution in [0.4, 0.5) is 5.95 Å². The molecular weight excluding hydrogens is 266 g/mol. The van der Waals surface area contributed by atoms with Crippen LogP contribution >= 0.6 is 0 Å². The van der Waals surface area contributed by atoms with Crippen LogP contribution < -0.4 is 10.5 Å². The Bertz CT molecular complexity index is 648. The molecule has 21 heavy (non-hydrogen) atoms. The van der Waals surface area contributed by atoms with E-state index in [1.165, 1.54) is 0 Å². The van der Waals surface area contributed by atoms with Crippen LogP contribution in [0.15, 0.2) is 18.2 Å². The van der Waals surface area contributed by atoms with Crippen molar-refractivity contribution in [2.75, 3.05) is 18.9 Å². The van der Waals surface area contributed by atoms with E-state index < -0.39 is 0 Å². The smallest absolute Gasteiger partial charge is 0.201 e. The lowest BCUT2D eigenvalue weighted by Gasteiger charge is -2.36. The standard InChI is InChI=1S/C16H23N3O2/c1-4-20-13-7-5-6-12-14(13)18-15(17)19(12)11-8-9-21-16(2,3)10-11/h5-7,11H,4,8-10H2,1-3H3,(H2,17,18). The molecule has 0 bridgehead atoms. The maximum Gasteiger partial charge on any atom is 0.201 e. The van der Waals surface area contributed by atoms with E-state index in [-0.39, 0.29) is 5.60 Å². The molecule has 1 saturated heterocycles. The second-order valence-corrected chi connectivity index (χ2v) is 6.15. The predicted molar refractivity (Wildman–Crippen MR) is 83.6 cm³/mol. The first-order valence-electron chi connectivity index (χ1n) is 7.55. The zero-order valence-corrected chi connectivity index (χ0v) is 12.9. The summed E-state index contributed by atoms with van der Waals surface area (Å²) in [5.74, 6) is 1.35. The predicted octanol–water partition coefficient (Wildman–Crippen LogP) is 3.15. The van der Waals surface area contributed by atoms with Crippen molar-refractivity contribution in [1.29, 1.82) is 0 Å². The molecule has 5 nitrogen and oxygen atoms in total. The molecule has 0 aliphatic carbocycles. The summed E-state index contributed by atoms with van der Waals surface area (Å²) in [5.41, 5.74) is 7.96. The number of anilines is 1. The molecule has 0 saturated carbocycles. The number of hydrogen-bond donors (Lipinski definition) is 1. The molecule has 1 aliphatic rings. The largest absolute Gasteiger partial charge is 0.492 e. The van der Waals surface area contributed by atoms with E-state index in [2.05, 4.69) is 29.5 Å². The van der Waals surface area contributed by atoms with E-state index in [4.69, 9.17) is 15.2 Å². The molecule has 5 heteroatoms. The third kappa shape index (κ3) is 2.58. The average Bonchev–Trinajstić information content (AvgIpc) is 2.75. The molecular formula is C16H23N3O2. The summed E-state index contributed by atoms with van der Waals surface area (Å²) >= 11 is 0. The number of benzene rings is 1. The highest BCUT2D eigenvalue weighted by Gasteiger charge is 2.31. The van der Waals surface area contributed by atoms with E-state index in [0.717, 1.165) is 36.2 Å². The lowest BCUT2D eigenvalue weighted by atomic mass is 9.93. The lowest BCUT2D eigenvalue weighted by molar-refractivity contribution is -0.0682. The number of imidazole rings is 1. The Labute approximate surface area is 125 Å². The van der Waals surface area contributed by atoms with E-state index in [1.807, 2.05) is 19.1 Å². The van der Waals surface area contributed by atoms with Crippen molar-refractivity contribution in [3.05, 3.63) is 18.2 Å². The number of hydrogen-bond acceptors (Lipinski definition) is 4. The van der Waals surface area contributed by atoms with Gasteiger partial charge < -0.3 is 19.8 Å². The van der Waals surface area contributed by atoms with E-state index in [1.54, 1.807) is 0 Å². The van der Waals surface area contributed by atoms with Crippen LogP contribution in [0.3, 0.4) is 0 Å². The minimum atomic E-state index is -0.122. The first-order valence-corrected chi connectivity index (χ1v) is 7.55. The number of nitrogens with two attached hydrogens (primary N) is 1. The van der Waals surface area contributed by atoms with Crippen molar-refractivity contribution in [2.45, 2.75) is 45.3 Å². The molecule has 3 rings (SSSR count). The van der Waals surface area contributed by atoms with Gasteiger partial charge in [-0.1, -0.05) is 6.07 Å². The number of nitrogen functional groups attached to an aromatic ring is 1. The van der Waals surface area contributed by atoms with Gasteiger partial charge in [0.1, 0.15) is 11.3 Å². The molecule has 0 radical (unpaired) electrons. The van der Waals surface area contributed by atoms with Crippen molar-refractivity contribution in [1.82, 2.24) is 9.55 Å². The molecule has 2 heterocycles. The van der Waals surface area contributed by atoms with Crippen molar-refractivity contribution < 1.29 is 9.47 Å². The van der Waals surface area contributed by atoms with E-state index in [9.17, 15) is 0 Å². The van der Waals surface area contributed by atoms with Gasteiger partial charge in [-0.3, -0.25) is 0 Å². The highest BCUT2D eigenvalue weighted by atomic mass is 16.5. The molecule has 2 aromatic rings. The maximum atomic E-state index is 6.19. The second kappa shape index (κ2) is 5.22. The number of nitrogens with zero attached hydrogens (tertiary/aromatic N) is 2. The summed E-state index contributed by atoms with van der Waals surface area (Å²) in [6.07, 6.45) is 1.89. The number of aromatic nitrogens is 2. The Balaban J connectivity index is 2.06. The Hall–Kier alpha value is -1.75. The maximum absolute atomic E-state index is 6.19. The van der Waals surface area contributed by atoms with Gasteiger partial charge in [0, 0.05) is 12.6 Å². The monoisotopic (exact) mass is 289 g/mol. The molecule has 1 aromatic carbocycles. The SMILES string of the molecule is CCOc1cccc2c1nc(N)n2C1CCOC(C)(C)C1. The number of fused-ring (bicyclic) bond motifs is 1. The van der Waals surface area contributed by atoms with Gasteiger partial charge in [-0.05, 0) is 45.7 Å². The normalized spacial score (nSPS) is 21.6. The number of rotatable bonds is 3. The number of para-hydroxylation sites is 1. The fraction of sp³-hybridized carbons (Fsp3) is 0.562. The summed E-state index contributed by atoms with van der Waals surface area (Å²) in [5, 5.41) is 0. The zero-order chi connectivity index (χ0) is 15.0. The Kier molecular flexibility index (Phi) is 3.53. The van der Waals surface area contributed by atoms with Gasteiger partial charge in [0.25, 0.3) is 0 Å². The average molecular weight is 289 g/mol. The highest BCUT2D eigenvalue weighted by Crippen LogP contribution is 2.37. The molecule has 1 aromatic heterocycles.